The molecule has 0 aliphatic carbocycles. The van der Waals surface area contributed by atoms with Crippen molar-refractivity contribution >= 4 is 15.8 Å². The van der Waals surface area contributed by atoms with Gasteiger partial charge < -0.3 is 10.7 Å². The minimum Gasteiger partial charge on any atom is -0.399 e. The van der Waals surface area contributed by atoms with E-state index in [-0.39, 0.29) is 5.03 Å². The van der Waals surface area contributed by atoms with E-state index in [1.54, 1.807) is 24.3 Å². The maximum absolute atomic E-state index is 10.8. The fourth-order valence-corrected chi connectivity index (χ4v) is 1.63. The summed E-state index contributed by atoms with van der Waals surface area (Å²) in [5, 5.41) is -0.334. The van der Waals surface area contributed by atoms with E-state index in [4.69, 9.17) is 10.3 Å². The number of aromatic amines is 1. The van der Waals surface area contributed by atoms with E-state index < -0.39 is 10.1 Å². The largest absolute Gasteiger partial charge is 0.399 e. The van der Waals surface area contributed by atoms with Crippen LogP contribution in [0.2, 0.25) is 0 Å². The summed E-state index contributed by atoms with van der Waals surface area (Å²) in [6, 6.07) is 6.74. The predicted molar refractivity (Wildman–Crippen MR) is 58.3 cm³/mol. The lowest BCUT2D eigenvalue weighted by atomic mass is 10.2. The lowest BCUT2D eigenvalue weighted by Gasteiger charge is -1.97. The van der Waals surface area contributed by atoms with Gasteiger partial charge in [0.05, 0.1) is 6.20 Å². The summed E-state index contributed by atoms with van der Waals surface area (Å²) in [7, 11) is -4.24. The lowest BCUT2D eigenvalue weighted by Crippen LogP contribution is -1.97. The Labute approximate surface area is 91.9 Å². The van der Waals surface area contributed by atoms with E-state index in [9.17, 15) is 8.42 Å². The predicted octanol–water partition coefficient (Wildman–Crippen LogP) is 0.906. The standard InChI is InChI=1S/C9H9N3O3S/c10-7-3-1-6(2-4-7)9-11-5-8(12-9)16(13,14)15/h1-5H,10H2,(H,11,12)(H,13,14,15). The Bertz CT molecular complexity index is 601. The summed E-state index contributed by atoms with van der Waals surface area (Å²) in [6.45, 7) is 0. The van der Waals surface area contributed by atoms with Crippen molar-refractivity contribution in [3.8, 4) is 11.4 Å². The van der Waals surface area contributed by atoms with E-state index in [1.807, 2.05) is 0 Å². The van der Waals surface area contributed by atoms with Gasteiger partial charge in [-0.2, -0.15) is 8.42 Å². The maximum atomic E-state index is 10.8. The minimum absolute atomic E-state index is 0.334. The minimum atomic E-state index is -4.24. The van der Waals surface area contributed by atoms with Crippen molar-refractivity contribution in [1.82, 2.24) is 9.97 Å². The number of nitrogens with zero attached hydrogens (tertiary/aromatic N) is 1. The zero-order valence-electron chi connectivity index (χ0n) is 8.08. The number of anilines is 1. The number of nitrogens with one attached hydrogen (secondary N) is 1. The number of aromatic nitrogens is 2. The Morgan fingerprint density at radius 3 is 2.38 bits per heavy atom. The highest BCUT2D eigenvalue weighted by atomic mass is 32.2. The Balaban J connectivity index is 2.43. The molecule has 4 N–H and O–H groups in total. The van der Waals surface area contributed by atoms with Crippen LogP contribution in [0.15, 0.2) is 35.5 Å². The van der Waals surface area contributed by atoms with Crippen molar-refractivity contribution in [2.45, 2.75) is 5.03 Å². The van der Waals surface area contributed by atoms with Crippen molar-refractivity contribution in [2.75, 3.05) is 5.73 Å². The number of nitrogen functional groups attached to an aromatic ring is 1. The molecule has 0 atom stereocenters. The van der Waals surface area contributed by atoms with Gasteiger partial charge in [0.15, 0.2) is 5.03 Å². The van der Waals surface area contributed by atoms with Crippen LogP contribution in [0.4, 0.5) is 5.69 Å². The lowest BCUT2D eigenvalue weighted by molar-refractivity contribution is 0.480. The van der Waals surface area contributed by atoms with Crippen LogP contribution in [0.5, 0.6) is 0 Å². The Morgan fingerprint density at radius 1 is 1.25 bits per heavy atom. The molecule has 0 aliphatic rings. The highest BCUT2D eigenvalue weighted by Gasteiger charge is 2.13. The van der Waals surface area contributed by atoms with Gasteiger partial charge in [-0.1, -0.05) is 0 Å². The second-order valence-corrected chi connectivity index (χ2v) is 4.58. The first-order chi connectivity index (χ1) is 7.47. The molecular formula is C9H9N3O3S. The molecule has 7 heteroatoms. The molecule has 16 heavy (non-hydrogen) atoms. The van der Waals surface area contributed by atoms with Crippen LogP contribution in [-0.4, -0.2) is 22.9 Å². The summed E-state index contributed by atoms with van der Waals surface area (Å²) in [5.41, 5.74) is 6.80. The molecule has 1 heterocycles. The molecule has 2 rings (SSSR count). The fourth-order valence-electron chi connectivity index (χ4n) is 1.22. The molecule has 0 fully saturated rings. The molecule has 0 unspecified atom stereocenters. The average molecular weight is 239 g/mol. The molecule has 0 bridgehead atoms. The van der Waals surface area contributed by atoms with Crippen LogP contribution in [0, 0.1) is 0 Å². The molecule has 84 valence electrons. The second-order valence-electron chi connectivity index (χ2n) is 3.19. The summed E-state index contributed by atoms with van der Waals surface area (Å²) in [4.78, 5) is 6.35. The van der Waals surface area contributed by atoms with Crippen LogP contribution < -0.4 is 5.73 Å². The van der Waals surface area contributed by atoms with Crippen LogP contribution >= 0.6 is 0 Å². The van der Waals surface area contributed by atoms with E-state index in [0.29, 0.717) is 17.1 Å². The van der Waals surface area contributed by atoms with Crippen molar-refractivity contribution in [1.29, 1.82) is 0 Å². The van der Waals surface area contributed by atoms with Gasteiger partial charge in [0.1, 0.15) is 5.82 Å². The number of rotatable bonds is 2. The number of hydrogen-bond donors (Lipinski definition) is 3. The second kappa shape index (κ2) is 3.62. The molecule has 1 aromatic heterocycles. The van der Waals surface area contributed by atoms with Crippen molar-refractivity contribution < 1.29 is 13.0 Å². The van der Waals surface area contributed by atoms with Gasteiger partial charge in [0.25, 0.3) is 0 Å². The van der Waals surface area contributed by atoms with Gasteiger partial charge in [0.2, 0.25) is 0 Å². The quantitative estimate of drug-likeness (QED) is 0.533. The molecule has 1 aromatic carbocycles. The highest BCUT2D eigenvalue weighted by Crippen LogP contribution is 2.18. The SMILES string of the molecule is Nc1ccc(-c2ncc(S(=O)(=O)O)[nH]2)cc1. The van der Waals surface area contributed by atoms with E-state index >= 15 is 0 Å². The first-order valence-electron chi connectivity index (χ1n) is 4.35. The van der Waals surface area contributed by atoms with Crippen LogP contribution in [0.25, 0.3) is 11.4 Å². The number of benzene rings is 1. The topological polar surface area (TPSA) is 109 Å². The molecule has 0 saturated heterocycles. The first-order valence-corrected chi connectivity index (χ1v) is 5.79. The number of H-pyrrole nitrogens is 1. The molecule has 0 radical (unpaired) electrons. The number of imidazole rings is 1. The fraction of sp³-hybridized carbons (Fsp3) is 0. The van der Waals surface area contributed by atoms with Gasteiger partial charge >= 0.3 is 10.1 Å². The van der Waals surface area contributed by atoms with E-state index in [1.165, 1.54) is 0 Å². The normalized spacial score (nSPS) is 11.6. The van der Waals surface area contributed by atoms with Crippen LogP contribution in [0.3, 0.4) is 0 Å². The van der Waals surface area contributed by atoms with Crippen LogP contribution in [-0.2, 0) is 10.1 Å². The molecular weight excluding hydrogens is 230 g/mol. The van der Waals surface area contributed by atoms with Gasteiger partial charge in [-0.25, -0.2) is 4.98 Å². The molecule has 0 saturated carbocycles. The molecule has 6 nitrogen and oxygen atoms in total. The van der Waals surface area contributed by atoms with E-state index in [0.717, 1.165) is 6.20 Å². The summed E-state index contributed by atoms with van der Waals surface area (Å²) >= 11 is 0. The molecule has 0 amide bonds. The summed E-state index contributed by atoms with van der Waals surface area (Å²) in [5.74, 6) is 0.354. The van der Waals surface area contributed by atoms with Crippen molar-refractivity contribution in [3.05, 3.63) is 30.5 Å². The van der Waals surface area contributed by atoms with Crippen LogP contribution in [0.1, 0.15) is 0 Å². The third kappa shape index (κ3) is 2.05. The number of hydrogen-bond acceptors (Lipinski definition) is 4. The Hall–Kier alpha value is -1.86. The van der Waals surface area contributed by atoms with Crippen molar-refractivity contribution in [2.24, 2.45) is 0 Å². The smallest absolute Gasteiger partial charge is 0.311 e. The Kier molecular flexibility index (Phi) is 2.41. The Morgan fingerprint density at radius 2 is 1.88 bits per heavy atom. The molecule has 2 aromatic rings. The summed E-state index contributed by atoms with van der Waals surface area (Å²) in [6.07, 6.45) is 1.06. The van der Waals surface area contributed by atoms with Gasteiger partial charge in [0, 0.05) is 11.3 Å². The maximum Gasteiger partial charge on any atom is 0.311 e. The molecule has 0 spiro atoms. The monoisotopic (exact) mass is 239 g/mol. The van der Waals surface area contributed by atoms with Crippen molar-refractivity contribution in [3.63, 3.8) is 0 Å². The third-order valence-corrected chi connectivity index (χ3v) is 2.78. The average Bonchev–Trinajstić information content (AvgIpc) is 2.67. The van der Waals surface area contributed by atoms with Gasteiger partial charge in [-0.15, -0.1) is 0 Å². The number of nitrogens with two attached hydrogens (primary N) is 1. The molecule has 0 aliphatic heterocycles. The van der Waals surface area contributed by atoms with Gasteiger partial charge in [-0.05, 0) is 24.3 Å². The van der Waals surface area contributed by atoms with Gasteiger partial charge in [-0.3, -0.25) is 4.55 Å². The zero-order valence-corrected chi connectivity index (χ0v) is 8.90. The summed E-state index contributed by atoms with van der Waals surface area (Å²) < 4.78 is 30.4. The highest BCUT2D eigenvalue weighted by molar-refractivity contribution is 7.85. The third-order valence-electron chi connectivity index (χ3n) is 2.01. The zero-order chi connectivity index (χ0) is 11.8. The van der Waals surface area contributed by atoms with E-state index in [2.05, 4.69) is 9.97 Å². The first kappa shape index (κ1) is 10.7.